The monoisotopic (exact) mass is 166 g/mol. The smallest absolute Gasteiger partial charge is 0.412 e. The van der Waals surface area contributed by atoms with Gasteiger partial charge in [0.15, 0.2) is 0 Å². The van der Waals surface area contributed by atoms with Crippen molar-refractivity contribution in [3.63, 3.8) is 0 Å². The lowest BCUT2D eigenvalue weighted by Crippen LogP contribution is -1.77. The summed E-state index contributed by atoms with van der Waals surface area (Å²) in [6.07, 6.45) is 0. The highest BCUT2D eigenvalue weighted by atomic mass is 31.2. The Balaban J connectivity index is -0.000000109. The fraction of sp³-hybridized carbons (Fsp3) is 0. The normalized spacial score (nSPS) is 8.56. The standard InChI is InChI=1S/H3O5P.H2O2.H2O/c1-5-6(2,3)4;1-2;/h1H,(H2,2,3,4);1-2H;1H2. The van der Waals surface area contributed by atoms with E-state index in [4.69, 9.17) is 25.6 Å². The van der Waals surface area contributed by atoms with Crippen LogP contribution in [-0.4, -0.2) is 31.0 Å². The molecule has 0 atom stereocenters. The van der Waals surface area contributed by atoms with Gasteiger partial charge >= 0.3 is 7.82 Å². The SMILES string of the molecule is O.O=P(O)(O)OO.OO. The van der Waals surface area contributed by atoms with Crippen LogP contribution in [0.5, 0.6) is 0 Å². The Kier molecular flexibility index (Phi) is 14.1. The van der Waals surface area contributed by atoms with Crippen LogP contribution in [0, 0.1) is 0 Å². The maximum absolute atomic E-state index is 9.22. The van der Waals surface area contributed by atoms with Gasteiger partial charge in [0.2, 0.25) is 0 Å². The topological polar surface area (TPSA) is 159 Å². The van der Waals surface area contributed by atoms with Crippen LogP contribution in [0.1, 0.15) is 0 Å². The highest BCUT2D eigenvalue weighted by molar-refractivity contribution is 7.46. The van der Waals surface area contributed by atoms with E-state index in [0.717, 1.165) is 0 Å². The number of hydrogen-bond donors (Lipinski definition) is 5. The summed E-state index contributed by atoms with van der Waals surface area (Å²) in [6, 6.07) is 0. The molecule has 0 aliphatic heterocycles. The second-order valence-electron chi connectivity index (χ2n) is 0.572. The predicted octanol–water partition coefficient (Wildman–Crippen LogP) is -1.24. The van der Waals surface area contributed by atoms with Crippen LogP contribution >= 0.6 is 7.82 Å². The lowest BCUT2D eigenvalue weighted by atomic mass is 15.0. The molecule has 0 saturated carbocycles. The highest BCUT2D eigenvalue weighted by Crippen LogP contribution is 2.33. The molecule has 0 aromatic rings. The van der Waals surface area contributed by atoms with E-state index in [0.29, 0.717) is 0 Å². The van der Waals surface area contributed by atoms with Gasteiger partial charge in [0.05, 0.1) is 0 Å². The Labute approximate surface area is 49.4 Å². The van der Waals surface area contributed by atoms with E-state index in [1.165, 1.54) is 0 Å². The van der Waals surface area contributed by atoms with E-state index in [9.17, 15) is 4.57 Å². The van der Waals surface area contributed by atoms with E-state index >= 15 is 0 Å². The van der Waals surface area contributed by atoms with Crippen LogP contribution in [-0.2, 0) is 9.24 Å². The van der Waals surface area contributed by atoms with Crippen molar-refractivity contribution in [2.45, 2.75) is 0 Å². The summed E-state index contributed by atoms with van der Waals surface area (Å²) < 4.78 is 11.8. The lowest BCUT2D eigenvalue weighted by molar-refractivity contribution is -0.176. The van der Waals surface area contributed by atoms with Crippen LogP contribution in [0.15, 0.2) is 0 Å². The average molecular weight is 166 g/mol. The molecule has 0 aliphatic carbocycles. The zero-order chi connectivity index (χ0) is 7.21. The van der Waals surface area contributed by atoms with Gasteiger partial charge in [0.1, 0.15) is 0 Å². The maximum atomic E-state index is 9.22. The predicted molar refractivity (Wildman–Crippen MR) is 24.6 cm³/mol. The Bertz CT molecular complexity index is 68.6. The molecule has 0 rings (SSSR count). The van der Waals surface area contributed by atoms with Crippen LogP contribution in [0.4, 0.5) is 0 Å². The molecule has 0 spiro atoms. The average Bonchev–Trinajstić information content (AvgIpc) is 1.71. The molecule has 0 bridgehead atoms. The summed E-state index contributed by atoms with van der Waals surface area (Å²) in [7, 11) is -4.59. The first-order valence-corrected chi connectivity index (χ1v) is 2.68. The molecule has 0 aromatic carbocycles. The quantitative estimate of drug-likeness (QED) is 0.185. The Morgan fingerprint density at radius 1 is 1.22 bits per heavy atom. The number of phosphoric acid groups is 1. The molecule has 0 aliphatic rings. The van der Waals surface area contributed by atoms with Crippen molar-refractivity contribution in [1.29, 1.82) is 0 Å². The molecule has 9 heavy (non-hydrogen) atoms. The molecule has 9 heteroatoms. The van der Waals surface area contributed by atoms with Gasteiger partial charge in [0, 0.05) is 0 Å². The summed E-state index contributed by atoms with van der Waals surface area (Å²) in [5, 5.41) is 19.1. The molecule has 0 fully saturated rings. The molecular formula is H7O8P. The minimum absolute atomic E-state index is 0. The first-order valence-electron chi connectivity index (χ1n) is 1.15. The van der Waals surface area contributed by atoms with Crippen molar-refractivity contribution in [2.75, 3.05) is 0 Å². The molecule has 0 heterocycles. The second-order valence-corrected chi connectivity index (χ2v) is 1.72. The molecule has 0 saturated heterocycles. The zero-order valence-corrected chi connectivity index (χ0v) is 4.89. The molecule has 7 N–H and O–H groups in total. The van der Waals surface area contributed by atoms with E-state index in [2.05, 4.69) is 4.67 Å². The second kappa shape index (κ2) is 7.95. The Hall–Kier alpha value is -0.0500. The molecule has 0 aromatic heterocycles. The van der Waals surface area contributed by atoms with Gasteiger partial charge in [-0.25, -0.2) is 9.82 Å². The fourth-order valence-electron chi connectivity index (χ4n) is 0. The van der Waals surface area contributed by atoms with Gasteiger partial charge in [-0.05, 0) is 0 Å². The van der Waals surface area contributed by atoms with E-state index in [-0.39, 0.29) is 5.48 Å². The number of hydrogen-bond acceptors (Lipinski definition) is 5. The molecule has 0 amide bonds. The highest BCUT2D eigenvalue weighted by Gasteiger charge is 2.10. The van der Waals surface area contributed by atoms with Gasteiger partial charge in [-0.15, -0.1) is 4.67 Å². The summed E-state index contributed by atoms with van der Waals surface area (Å²) in [5.41, 5.74) is 0. The molecular weight excluding hydrogens is 159 g/mol. The minimum atomic E-state index is -4.59. The van der Waals surface area contributed by atoms with Gasteiger partial charge in [-0.3, -0.25) is 10.5 Å². The van der Waals surface area contributed by atoms with Crippen molar-refractivity contribution in [3.05, 3.63) is 0 Å². The third-order valence-electron chi connectivity index (χ3n) is 0.106. The van der Waals surface area contributed by atoms with Crippen molar-refractivity contribution in [3.8, 4) is 0 Å². The third kappa shape index (κ3) is 32.3. The molecule has 8 nitrogen and oxygen atoms in total. The van der Waals surface area contributed by atoms with E-state index < -0.39 is 7.82 Å². The first-order chi connectivity index (χ1) is 3.56. The maximum Gasteiger partial charge on any atom is 0.496 e. The first kappa shape index (κ1) is 16.0. The summed E-state index contributed by atoms with van der Waals surface area (Å²) in [4.78, 5) is 14.9. The zero-order valence-electron chi connectivity index (χ0n) is 4.00. The van der Waals surface area contributed by atoms with Gasteiger partial charge < -0.3 is 15.3 Å². The van der Waals surface area contributed by atoms with Crippen LogP contribution < -0.4 is 0 Å². The van der Waals surface area contributed by atoms with Crippen molar-refractivity contribution < 1.29 is 40.3 Å². The Morgan fingerprint density at radius 3 is 1.33 bits per heavy atom. The fourth-order valence-corrected chi connectivity index (χ4v) is 0. The molecule has 60 valence electrons. The summed E-state index contributed by atoms with van der Waals surface area (Å²) in [6.45, 7) is 0. The molecule has 0 radical (unpaired) electrons. The van der Waals surface area contributed by atoms with Gasteiger partial charge in [0.25, 0.3) is 0 Å². The van der Waals surface area contributed by atoms with Crippen molar-refractivity contribution in [1.82, 2.24) is 0 Å². The Morgan fingerprint density at radius 2 is 1.33 bits per heavy atom. The minimum Gasteiger partial charge on any atom is -0.412 e. The lowest BCUT2D eigenvalue weighted by Gasteiger charge is -1.90. The number of rotatable bonds is 1. The van der Waals surface area contributed by atoms with Gasteiger partial charge in [-0.2, -0.15) is 0 Å². The largest absolute Gasteiger partial charge is 0.496 e. The molecule has 0 unspecified atom stereocenters. The van der Waals surface area contributed by atoms with Crippen LogP contribution in [0.2, 0.25) is 0 Å². The van der Waals surface area contributed by atoms with Crippen LogP contribution in [0.3, 0.4) is 0 Å². The van der Waals surface area contributed by atoms with Crippen molar-refractivity contribution in [2.24, 2.45) is 0 Å². The van der Waals surface area contributed by atoms with Gasteiger partial charge in [-0.1, -0.05) is 0 Å². The van der Waals surface area contributed by atoms with E-state index in [1.807, 2.05) is 0 Å². The van der Waals surface area contributed by atoms with Crippen LogP contribution in [0.25, 0.3) is 0 Å². The summed E-state index contributed by atoms with van der Waals surface area (Å²) >= 11 is 0. The van der Waals surface area contributed by atoms with E-state index in [1.54, 1.807) is 0 Å². The third-order valence-corrected chi connectivity index (χ3v) is 0.319. The van der Waals surface area contributed by atoms with Crippen molar-refractivity contribution >= 4 is 7.82 Å². The summed E-state index contributed by atoms with van der Waals surface area (Å²) in [5.74, 6) is 0.